The van der Waals surface area contributed by atoms with E-state index >= 15 is 0 Å². The molecule has 5 heteroatoms. The van der Waals surface area contributed by atoms with Crippen molar-refractivity contribution >= 4 is 5.69 Å². The van der Waals surface area contributed by atoms with Gasteiger partial charge in [0.15, 0.2) is 0 Å². The number of ether oxygens (including phenoxy) is 1. The Kier molecular flexibility index (Phi) is 3.28. The molecule has 0 spiro atoms. The van der Waals surface area contributed by atoms with Crippen molar-refractivity contribution in [3.63, 3.8) is 0 Å². The third kappa shape index (κ3) is 2.94. The molecule has 92 valence electrons. The van der Waals surface area contributed by atoms with Gasteiger partial charge in [-0.05, 0) is 25.0 Å². The number of nitro groups is 1. The summed E-state index contributed by atoms with van der Waals surface area (Å²) in [6.45, 7) is 0.255. The summed E-state index contributed by atoms with van der Waals surface area (Å²) in [4.78, 5) is 10.0. The standard InChI is InChI=1S/C12H15NO4/c14-12(7-1-2-8-12)9-17-11-5-3-10(4-6-11)13(15)16/h3-6,14H,1-2,7-9H2. The third-order valence-corrected chi connectivity index (χ3v) is 3.09. The summed E-state index contributed by atoms with van der Waals surface area (Å²) in [6.07, 6.45) is 3.58. The fourth-order valence-electron chi connectivity index (χ4n) is 2.06. The van der Waals surface area contributed by atoms with Crippen molar-refractivity contribution in [2.45, 2.75) is 31.3 Å². The zero-order valence-electron chi connectivity index (χ0n) is 9.46. The van der Waals surface area contributed by atoms with Crippen LogP contribution in [0.4, 0.5) is 5.69 Å². The second kappa shape index (κ2) is 4.71. The molecule has 1 aliphatic rings. The summed E-state index contributed by atoms with van der Waals surface area (Å²) < 4.78 is 5.46. The van der Waals surface area contributed by atoms with Gasteiger partial charge in [-0.15, -0.1) is 0 Å². The van der Waals surface area contributed by atoms with E-state index in [1.165, 1.54) is 12.1 Å². The topological polar surface area (TPSA) is 72.6 Å². The number of rotatable bonds is 4. The van der Waals surface area contributed by atoms with Gasteiger partial charge in [-0.25, -0.2) is 0 Å². The quantitative estimate of drug-likeness (QED) is 0.644. The molecule has 0 aliphatic heterocycles. The molecule has 1 saturated carbocycles. The molecule has 2 rings (SSSR count). The van der Waals surface area contributed by atoms with Gasteiger partial charge < -0.3 is 9.84 Å². The Bertz CT molecular complexity index is 395. The van der Waals surface area contributed by atoms with E-state index in [9.17, 15) is 15.2 Å². The minimum Gasteiger partial charge on any atom is -0.491 e. The van der Waals surface area contributed by atoms with Gasteiger partial charge in [0.05, 0.1) is 10.5 Å². The second-order valence-corrected chi connectivity index (χ2v) is 4.47. The van der Waals surface area contributed by atoms with Crippen LogP contribution < -0.4 is 4.74 Å². The first kappa shape index (κ1) is 11.9. The predicted molar refractivity (Wildman–Crippen MR) is 62.0 cm³/mol. The average molecular weight is 237 g/mol. The number of hydrogen-bond donors (Lipinski definition) is 1. The number of nitro benzene ring substituents is 1. The fourth-order valence-corrected chi connectivity index (χ4v) is 2.06. The molecule has 1 aromatic rings. The molecule has 0 heterocycles. The number of hydrogen-bond acceptors (Lipinski definition) is 4. The van der Waals surface area contributed by atoms with Gasteiger partial charge >= 0.3 is 0 Å². The molecule has 1 N–H and O–H groups in total. The van der Waals surface area contributed by atoms with E-state index in [4.69, 9.17) is 4.74 Å². The lowest BCUT2D eigenvalue weighted by Crippen LogP contribution is -2.32. The van der Waals surface area contributed by atoms with E-state index in [2.05, 4.69) is 0 Å². The summed E-state index contributed by atoms with van der Waals surface area (Å²) in [5.74, 6) is 0.552. The largest absolute Gasteiger partial charge is 0.491 e. The minimum atomic E-state index is -0.720. The Balaban J connectivity index is 1.93. The first-order valence-corrected chi connectivity index (χ1v) is 5.69. The fraction of sp³-hybridized carbons (Fsp3) is 0.500. The third-order valence-electron chi connectivity index (χ3n) is 3.09. The van der Waals surface area contributed by atoms with Crippen molar-refractivity contribution in [2.75, 3.05) is 6.61 Å². The molecule has 0 unspecified atom stereocenters. The number of aliphatic hydroxyl groups is 1. The molecule has 0 amide bonds. The van der Waals surface area contributed by atoms with Crippen LogP contribution in [0.1, 0.15) is 25.7 Å². The molecule has 1 aromatic carbocycles. The van der Waals surface area contributed by atoms with Crippen molar-refractivity contribution in [1.29, 1.82) is 0 Å². The summed E-state index contributed by atoms with van der Waals surface area (Å²) in [5.41, 5.74) is -0.682. The van der Waals surface area contributed by atoms with E-state index in [1.807, 2.05) is 0 Å². The molecule has 1 fully saturated rings. The molecule has 0 aromatic heterocycles. The normalized spacial score (nSPS) is 17.9. The van der Waals surface area contributed by atoms with E-state index in [1.54, 1.807) is 12.1 Å². The highest BCUT2D eigenvalue weighted by Gasteiger charge is 2.31. The van der Waals surface area contributed by atoms with E-state index in [0.717, 1.165) is 25.7 Å². The zero-order chi connectivity index (χ0) is 12.3. The van der Waals surface area contributed by atoms with Gasteiger partial charge in [0, 0.05) is 12.1 Å². The smallest absolute Gasteiger partial charge is 0.269 e. The number of nitrogens with zero attached hydrogens (tertiary/aromatic N) is 1. The van der Waals surface area contributed by atoms with Crippen molar-refractivity contribution in [1.82, 2.24) is 0 Å². The highest BCUT2D eigenvalue weighted by molar-refractivity contribution is 5.36. The van der Waals surface area contributed by atoms with Crippen molar-refractivity contribution in [2.24, 2.45) is 0 Å². The van der Waals surface area contributed by atoms with Crippen LogP contribution >= 0.6 is 0 Å². The van der Waals surface area contributed by atoms with Crippen LogP contribution in [0.3, 0.4) is 0 Å². The summed E-state index contributed by atoms with van der Waals surface area (Å²) in [7, 11) is 0. The van der Waals surface area contributed by atoms with Crippen molar-refractivity contribution < 1.29 is 14.8 Å². The molecule has 0 bridgehead atoms. The van der Waals surface area contributed by atoms with Crippen molar-refractivity contribution in [3.8, 4) is 5.75 Å². The first-order chi connectivity index (χ1) is 8.09. The summed E-state index contributed by atoms with van der Waals surface area (Å²) >= 11 is 0. The van der Waals surface area contributed by atoms with E-state index in [-0.39, 0.29) is 12.3 Å². The predicted octanol–water partition coefficient (Wildman–Crippen LogP) is 2.28. The summed E-state index contributed by atoms with van der Waals surface area (Å²) in [6, 6.07) is 5.90. The van der Waals surface area contributed by atoms with Crippen LogP contribution in [-0.2, 0) is 0 Å². The molecule has 0 saturated heterocycles. The Morgan fingerprint density at radius 3 is 2.41 bits per heavy atom. The van der Waals surface area contributed by atoms with Gasteiger partial charge in [-0.3, -0.25) is 10.1 Å². The van der Waals surface area contributed by atoms with Crippen LogP contribution in [0.25, 0.3) is 0 Å². The molecule has 0 radical (unpaired) electrons. The Morgan fingerprint density at radius 1 is 1.29 bits per heavy atom. The van der Waals surface area contributed by atoms with Crippen molar-refractivity contribution in [3.05, 3.63) is 34.4 Å². The van der Waals surface area contributed by atoms with Crippen LogP contribution in [0.2, 0.25) is 0 Å². The zero-order valence-corrected chi connectivity index (χ0v) is 9.46. The van der Waals surface area contributed by atoms with Gasteiger partial charge in [-0.2, -0.15) is 0 Å². The molecule has 0 atom stereocenters. The number of benzene rings is 1. The van der Waals surface area contributed by atoms with E-state index in [0.29, 0.717) is 5.75 Å². The highest BCUT2D eigenvalue weighted by Crippen LogP contribution is 2.30. The molecule has 17 heavy (non-hydrogen) atoms. The summed E-state index contributed by atoms with van der Waals surface area (Å²) in [5, 5.41) is 20.5. The monoisotopic (exact) mass is 237 g/mol. The maximum Gasteiger partial charge on any atom is 0.269 e. The Morgan fingerprint density at radius 2 is 1.88 bits per heavy atom. The Labute approximate surface area is 99.2 Å². The molecule has 1 aliphatic carbocycles. The van der Waals surface area contributed by atoms with Gasteiger partial charge in [0.2, 0.25) is 0 Å². The lowest BCUT2D eigenvalue weighted by molar-refractivity contribution is -0.384. The van der Waals surface area contributed by atoms with Gasteiger partial charge in [0.1, 0.15) is 12.4 Å². The molecular formula is C12H15NO4. The Hall–Kier alpha value is -1.62. The second-order valence-electron chi connectivity index (χ2n) is 4.47. The molecule has 5 nitrogen and oxygen atoms in total. The minimum absolute atomic E-state index is 0.0388. The van der Waals surface area contributed by atoms with E-state index < -0.39 is 10.5 Å². The van der Waals surface area contributed by atoms with Crippen LogP contribution in [0, 0.1) is 10.1 Å². The number of non-ortho nitro benzene ring substituents is 1. The van der Waals surface area contributed by atoms with Crippen LogP contribution in [-0.4, -0.2) is 22.2 Å². The average Bonchev–Trinajstić information content (AvgIpc) is 2.75. The maximum absolute atomic E-state index is 10.5. The van der Waals surface area contributed by atoms with Crippen LogP contribution in [0.5, 0.6) is 5.75 Å². The van der Waals surface area contributed by atoms with Gasteiger partial charge in [0.25, 0.3) is 5.69 Å². The first-order valence-electron chi connectivity index (χ1n) is 5.69. The highest BCUT2D eigenvalue weighted by atomic mass is 16.6. The SMILES string of the molecule is O=[N+]([O-])c1ccc(OCC2(O)CCCC2)cc1. The molecular weight excluding hydrogens is 222 g/mol. The lowest BCUT2D eigenvalue weighted by Gasteiger charge is -2.22. The van der Waals surface area contributed by atoms with Crippen LogP contribution in [0.15, 0.2) is 24.3 Å². The lowest BCUT2D eigenvalue weighted by atomic mass is 10.0. The van der Waals surface area contributed by atoms with Gasteiger partial charge in [-0.1, -0.05) is 12.8 Å². The maximum atomic E-state index is 10.5.